The van der Waals surface area contributed by atoms with Crippen molar-refractivity contribution in [2.24, 2.45) is 5.14 Å². The molecule has 0 aromatic rings. The third kappa shape index (κ3) is 4.91. The molecule has 7 nitrogen and oxygen atoms in total. The van der Waals surface area contributed by atoms with E-state index in [9.17, 15) is 13.2 Å². The highest BCUT2D eigenvalue weighted by atomic mass is 32.2. The minimum atomic E-state index is -3.60. The second-order valence-corrected chi connectivity index (χ2v) is 7.95. The van der Waals surface area contributed by atoms with Gasteiger partial charge in [0.15, 0.2) is 0 Å². The summed E-state index contributed by atoms with van der Waals surface area (Å²) in [4.78, 5) is 18.2. The van der Waals surface area contributed by atoms with E-state index in [0.29, 0.717) is 6.54 Å². The molecule has 2 rings (SSSR count). The van der Waals surface area contributed by atoms with Gasteiger partial charge in [-0.3, -0.25) is 4.79 Å². The molecule has 8 heteroatoms. The maximum Gasteiger partial charge on any atom is 0.224 e. The number of amides is 1. The first-order valence-electron chi connectivity index (χ1n) is 7.56. The normalized spacial score (nSPS) is 25.7. The van der Waals surface area contributed by atoms with Crippen molar-refractivity contribution in [2.45, 2.75) is 24.5 Å². The number of nitrogens with zero attached hydrogens (tertiary/aromatic N) is 3. The molecule has 21 heavy (non-hydrogen) atoms. The minimum absolute atomic E-state index is 0.0390. The number of carbonyl (C=O) groups excluding carboxylic acids is 1. The Kier molecular flexibility index (Phi) is 5.59. The largest absolute Gasteiger partial charge is 0.341 e. The van der Waals surface area contributed by atoms with Crippen molar-refractivity contribution in [3.63, 3.8) is 0 Å². The van der Waals surface area contributed by atoms with Crippen molar-refractivity contribution in [1.29, 1.82) is 0 Å². The van der Waals surface area contributed by atoms with Crippen molar-refractivity contribution < 1.29 is 13.2 Å². The summed E-state index contributed by atoms with van der Waals surface area (Å²) in [6.45, 7) is 6.37. The molecule has 1 amide bonds. The van der Waals surface area contributed by atoms with Gasteiger partial charge in [0.2, 0.25) is 15.9 Å². The van der Waals surface area contributed by atoms with Crippen LogP contribution in [0, 0.1) is 0 Å². The highest BCUT2D eigenvalue weighted by molar-refractivity contribution is 7.89. The van der Waals surface area contributed by atoms with Gasteiger partial charge in [0.05, 0.1) is 0 Å². The topological polar surface area (TPSA) is 86.9 Å². The first-order valence-corrected chi connectivity index (χ1v) is 9.17. The molecule has 0 aliphatic carbocycles. The number of carbonyl (C=O) groups is 1. The van der Waals surface area contributed by atoms with E-state index in [1.54, 1.807) is 4.90 Å². The Morgan fingerprint density at radius 2 is 1.76 bits per heavy atom. The Balaban J connectivity index is 1.64. The lowest BCUT2D eigenvalue weighted by molar-refractivity contribution is -0.127. The van der Waals surface area contributed by atoms with E-state index in [4.69, 9.17) is 5.14 Å². The Morgan fingerprint density at radius 3 is 2.33 bits per heavy atom. The van der Waals surface area contributed by atoms with Crippen molar-refractivity contribution in [2.75, 3.05) is 52.9 Å². The van der Waals surface area contributed by atoms with Crippen LogP contribution in [-0.4, -0.2) is 87.1 Å². The van der Waals surface area contributed by atoms with Crippen molar-refractivity contribution >= 4 is 15.9 Å². The zero-order valence-corrected chi connectivity index (χ0v) is 13.5. The molecule has 2 aliphatic heterocycles. The Labute approximate surface area is 127 Å². The fraction of sp³-hybridized carbons (Fsp3) is 0.923. The van der Waals surface area contributed by atoms with E-state index in [1.807, 2.05) is 0 Å². The van der Waals surface area contributed by atoms with Crippen LogP contribution in [0.3, 0.4) is 0 Å². The molecule has 0 saturated carbocycles. The predicted octanol–water partition coefficient (Wildman–Crippen LogP) is -1.10. The summed E-state index contributed by atoms with van der Waals surface area (Å²) in [6, 6.07) is 0. The Hall–Kier alpha value is -0.700. The fourth-order valence-corrected chi connectivity index (χ4v) is 3.64. The molecular weight excluding hydrogens is 292 g/mol. The molecule has 2 N–H and O–H groups in total. The number of nitrogens with two attached hydrogens (primary N) is 1. The van der Waals surface area contributed by atoms with Gasteiger partial charge >= 0.3 is 0 Å². The molecule has 0 aromatic heterocycles. The van der Waals surface area contributed by atoms with E-state index >= 15 is 0 Å². The van der Waals surface area contributed by atoms with Crippen LogP contribution in [-0.2, 0) is 14.8 Å². The highest BCUT2D eigenvalue weighted by Gasteiger charge is 2.35. The molecule has 0 spiro atoms. The van der Waals surface area contributed by atoms with Crippen LogP contribution < -0.4 is 5.14 Å². The second kappa shape index (κ2) is 7.04. The summed E-state index contributed by atoms with van der Waals surface area (Å²) in [7, 11) is -1.46. The smallest absolute Gasteiger partial charge is 0.224 e. The fourth-order valence-electron chi connectivity index (χ4n) is 2.88. The van der Waals surface area contributed by atoms with Gasteiger partial charge in [-0.2, -0.15) is 0 Å². The zero-order chi connectivity index (χ0) is 15.5. The van der Waals surface area contributed by atoms with Crippen LogP contribution in [0.25, 0.3) is 0 Å². The van der Waals surface area contributed by atoms with E-state index in [2.05, 4.69) is 16.8 Å². The Bertz CT molecular complexity index is 460. The average Bonchev–Trinajstić information content (AvgIpc) is 2.78. The van der Waals surface area contributed by atoms with Gasteiger partial charge in [-0.25, -0.2) is 13.6 Å². The quantitative estimate of drug-likeness (QED) is 0.629. The number of sulfonamides is 1. The van der Waals surface area contributed by atoms with Gasteiger partial charge in [0, 0.05) is 45.7 Å². The molecule has 2 aliphatic rings. The van der Waals surface area contributed by atoms with Gasteiger partial charge in [-0.05, 0) is 26.4 Å². The molecule has 0 aromatic carbocycles. The number of likely N-dealkylation sites (N-methyl/N-ethyl adjacent to an activating group) is 1. The van der Waals surface area contributed by atoms with Gasteiger partial charge in [0.25, 0.3) is 0 Å². The lowest BCUT2D eigenvalue weighted by Gasteiger charge is -2.32. The van der Waals surface area contributed by atoms with Crippen LogP contribution in [0.15, 0.2) is 0 Å². The van der Waals surface area contributed by atoms with Crippen LogP contribution >= 0.6 is 0 Å². The molecule has 0 radical (unpaired) electrons. The summed E-state index contributed by atoms with van der Waals surface area (Å²) >= 11 is 0. The van der Waals surface area contributed by atoms with Crippen molar-refractivity contribution in [3.8, 4) is 0 Å². The van der Waals surface area contributed by atoms with Crippen LogP contribution in [0.1, 0.15) is 19.3 Å². The van der Waals surface area contributed by atoms with Crippen LogP contribution in [0.4, 0.5) is 0 Å². The number of piperazine rings is 1. The summed E-state index contributed by atoms with van der Waals surface area (Å²) in [5.74, 6) is -0.0892. The van der Waals surface area contributed by atoms with E-state index in [0.717, 1.165) is 45.6 Å². The maximum atomic E-state index is 11.8. The number of rotatable bonds is 6. The zero-order valence-electron chi connectivity index (χ0n) is 12.7. The van der Waals surface area contributed by atoms with Crippen molar-refractivity contribution in [1.82, 2.24) is 14.7 Å². The maximum absolute atomic E-state index is 11.8. The van der Waals surface area contributed by atoms with Gasteiger partial charge in [-0.1, -0.05) is 0 Å². The lowest BCUT2D eigenvalue weighted by Crippen LogP contribution is -2.44. The number of primary sulfonamides is 1. The summed E-state index contributed by atoms with van der Waals surface area (Å²) in [5.41, 5.74) is 0. The standard InChI is InChI=1S/C13H26N4O3S/c1-15-6-8-16(9-7-15)4-2-3-5-17-11-12(10-13(17)18)21(14,19)20/h12H,2-11H2,1H3,(H2,14,19,20). The lowest BCUT2D eigenvalue weighted by atomic mass is 10.2. The van der Waals surface area contributed by atoms with Crippen molar-refractivity contribution in [3.05, 3.63) is 0 Å². The molecule has 1 atom stereocenters. The van der Waals surface area contributed by atoms with E-state index < -0.39 is 15.3 Å². The molecule has 122 valence electrons. The molecule has 1 unspecified atom stereocenters. The summed E-state index contributed by atoms with van der Waals surface area (Å²) < 4.78 is 22.6. The minimum Gasteiger partial charge on any atom is -0.341 e. The van der Waals surface area contributed by atoms with Crippen LogP contribution in [0.2, 0.25) is 0 Å². The first kappa shape index (κ1) is 16.7. The number of hydrogen-bond acceptors (Lipinski definition) is 5. The molecule has 2 fully saturated rings. The van der Waals surface area contributed by atoms with Crippen LogP contribution in [0.5, 0.6) is 0 Å². The number of unbranched alkanes of at least 4 members (excludes halogenated alkanes) is 1. The predicted molar refractivity (Wildman–Crippen MR) is 81.3 cm³/mol. The van der Waals surface area contributed by atoms with Gasteiger partial charge in [0.1, 0.15) is 5.25 Å². The second-order valence-electron chi connectivity index (χ2n) is 6.11. The molecule has 0 bridgehead atoms. The summed E-state index contributed by atoms with van der Waals surface area (Å²) in [6.07, 6.45) is 1.99. The summed E-state index contributed by atoms with van der Waals surface area (Å²) in [5, 5.41) is 4.39. The van der Waals surface area contributed by atoms with Gasteiger partial charge < -0.3 is 14.7 Å². The number of likely N-dealkylation sites (tertiary alicyclic amines) is 1. The third-order valence-corrected chi connectivity index (χ3v) is 5.64. The third-order valence-electron chi connectivity index (χ3n) is 4.39. The Morgan fingerprint density at radius 1 is 1.14 bits per heavy atom. The first-order chi connectivity index (χ1) is 9.86. The molecule has 2 heterocycles. The number of hydrogen-bond donors (Lipinski definition) is 1. The molecule has 2 saturated heterocycles. The average molecular weight is 318 g/mol. The highest BCUT2D eigenvalue weighted by Crippen LogP contribution is 2.17. The van der Waals surface area contributed by atoms with E-state index in [1.165, 1.54) is 0 Å². The van der Waals surface area contributed by atoms with Gasteiger partial charge in [-0.15, -0.1) is 0 Å². The molecular formula is C13H26N4O3S. The van der Waals surface area contributed by atoms with E-state index in [-0.39, 0.29) is 18.9 Å². The monoisotopic (exact) mass is 318 g/mol. The SMILES string of the molecule is CN1CCN(CCCCN2CC(S(N)(=O)=O)CC2=O)CC1.